The maximum absolute atomic E-state index is 12.2. The predicted molar refractivity (Wildman–Crippen MR) is 117 cm³/mol. The van der Waals surface area contributed by atoms with E-state index in [4.69, 9.17) is 11.6 Å². The van der Waals surface area contributed by atoms with E-state index >= 15 is 0 Å². The van der Waals surface area contributed by atoms with E-state index in [1.165, 1.54) is 11.2 Å². The van der Waals surface area contributed by atoms with Gasteiger partial charge in [-0.3, -0.25) is 13.9 Å². The van der Waals surface area contributed by atoms with Crippen LogP contribution in [0.3, 0.4) is 0 Å². The Labute approximate surface area is 176 Å². The van der Waals surface area contributed by atoms with E-state index < -0.39 is 10.0 Å². The second kappa shape index (κ2) is 9.76. The van der Waals surface area contributed by atoms with Gasteiger partial charge in [-0.05, 0) is 55.3 Å². The lowest BCUT2D eigenvalue weighted by atomic mass is 10.2. The van der Waals surface area contributed by atoms with Gasteiger partial charge in [0.1, 0.15) is 0 Å². The van der Waals surface area contributed by atoms with Gasteiger partial charge >= 0.3 is 0 Å². The highest BCUT2D eigenvalue weighted by Crippen LogP contribution is 2.26. The highest BCUT2D eigenvalue weighted by Gasteiger charge is 2.19. The van der Waals surface area contributed by atoms with E-state index in [2.05, 4.69) is 10.6 Å². The van der Waals surface area contributed by atoms with Crippen molar-refractivity contribution in [2.45, 2.75) is 26.7 Å². The number of sulfonamides is 1. The zero-order valence-electron chi connectivity index (χ0n) is 16.5. The van der Waals surface area contributed by atoms with Crippen LogP contribution in [0.5, 0.6) is 0 Å². The van der Waals surface area contributed by atoms with Gasteiger partial charge in [0.05, 0.1) is 11.9 Å². The SMILES string of the molecule is CC(=O)Nc1ccc(NC(=O)CCCN(c2cc(Cl)ccc2C)S(C)(=O)=O)cc1. The average Bonchev–Trinajstić information content (AvgIpc) is 2.61. The standard InChI is InChI=1S/C20H24ClN3O4S/c1-14-6-7-16(21)13-19(14)24(29(3,27)28)12-4-5-20(26)23-18-10-8-17(9-11-18)22-15(2)25/h6-11,13H,4-5,12H2,1-3H3,(H,22,25)(H,23,26). The molecule has 0 aliphatic rings. The first-order valence-corrected chi connectivity index (χ1v) is 11.2. The van der Waals surface area contributed by atoms with Gasteiger partial charge in [0, 0.05) is 36.3 Å². The van der Waals surface area contributed by atoms with Crippen LogP contribution in [-0.2, 0) is 19.6 Å². The van der Waals surface area contributed by atoms with Gasteiger partial charge in [-0.25, -0.2) is 8.42 Å². The number of anilines is 3. The molecule has 0 atom stereocenters. The summed E-state index contributed by atoms with van der Waals surface area (Å²) in [5.41, 5.74) is 2.52. The summed E-state index contributed by atoms with van der Waals surface area (Å²) >= 11 is 6.02. The second-order valence-electron chi connectivity index (χ2n) is 6.68. The van der Waals surface area contributed by atoms with Gasteiger partial charge in [-0.2, -0.15) is 0 Å². The Hall–Kier alpha value is -2.58. The molecule has 2 N–H and O–H groups in total. The molecule has 7 nitrogen and oxygen atoms in total. The third kappa shape index (κ3) is 7.07. The number of nitrogens with zero attached hydrogens (tertiary/aromatic N) is 1. The lowest BCUT2D eigenvalue weighted by molar-refractivity contribution is -0.116. The maximum Gasteiger partial charge on any atom is 0.232 e. The van der Waals surface area contributed by atoms with Crippen molar-refractivity contribution in [1.29, 1.82) is 0 Å². The molecule has 0 bridgehead atoms. The van der Waals surface area contributed by atoms with Crippen LogP contribution in [-0.4, -0.2) is 33.0 Å². The van der Waals surface area contributed by atoms with Gasteiger partial charge in [0.15, 0.2) is 0 Å². The Morgan fingerprint density at radius 3 is 2.17 bits per heavy atom. The van der Waals surface area contributed by atoms with E-state index in [1.807, 2.05) is 0 Å². The molecule has 2 amide bonds. The fourth-order valence-electron chi connectivity index (χ4n) is 2.76. The van der Waals surface area contributed by atoms with Gasteiger partial charge < -0.3 is 10.6 Å². The quantitative estimate of drug-likeness (QED) is 0.656. The van der Waals surface area contributed by atoms with E-state index in [0.717, 1.165) is 11.8 Å². The van der Waals surface area contributed by atoms with Gasteiger partial charge in [0.2, 0.25) is 21.8 Å². The molecule has 0 radical (unpaired) electrons. The first kappa shape index (κ1) is 22.7. The average molecular weight is 438 g/mol. The van der Waals surface area contributed by atoms with Crippen molar-refractivity contribution in [3.63, 3.8) is 0 Å². The lowest BCUT2D eigenvalue weighted by Crippen LogP contribution is -2.32. The Balaban J connectivity index is 1.96. The monoisotopic (exact) mass is 437 g/mol. The molecule has 2 aromatic carbocycles. The molecule has 0 spiro atoms. The first-order valence-electron chi connectivity index (χ1n) is 8.97. The molecule has 0 saturated carbocycles. The van der Waals surface area contributed by atoms with Crippen molar-refractivity contribution in [3.05, 3.63) is 53.1 Å². The number of hydrogen-bond acceptors (Lipinski definition) is 4. The molecule has 9 heteroatoms. The summed E-state index contributed by atoms with van der Waals surface area (Å²) in [6.45, 7) is 3.39. The van der Waals surface area contributed by atoms with E-state index in [9.17, 15) is 18.0 Å². The van der Waals surface area contributed by atoms with Crippen LogP contribution >= 0.6 is 11.6 Å². The molecule has 0 unspecified atom stereocenters. The summed E-state index contributed by atoms with van der Waals surface area (Å²) < 4.78 is 25.7. The molecular formula is C20H24ClN3O4S. The van der Waals surface area contributed by atoms with Crippen LogP contribution in [0.2, 0.25) is 5.02 Å². The molecule has 2 rings (SSSR count). The molecule has 0 fully saturated rings. The van der Waals surface area contributed by atoms with Crippen LogP contribution in [0, 0.1) is 6.92 Å². The summed E-state index contributed by atoms with van der Waals surface area (Å²) in [6.07, 6.45) is 1.62. The number of rotatable bonds is 8. The van der Waals surface area contributed by atoms with Crippen LogP contribution in [0.15, 0.2) is 42.5 Å². The minimum atomic E-state index is -3.52. The van der Waals surface area contributed by atoms with Gasteiger partial charge in [-0.15, -0.1) is 0 Å². The topological polar surface area (TPSA) is 95.6 Å². The fourth-order valence-corrected chi connectivity index (χ4v) is 3.94. The third-order valence-corrected chi connectivity index (χ3v) is 5.51. The zero-order chi connectivity index (χ0) is 21.6. The minimum absolute atomic E-state index is 0.152. The number of aryl methyl sites for hydroxylation is 1. The van der Waals surface area contributed by atoms with Crippen molar-refractivity contribution in [2.75, 3.05) is 27.7 Å². The highest BCUT2D eigenvalue weighted by atomic mass is 35.5. The number of nitrogens with one attached hydrogen (secondary N) is 2. The summed E-state index contributed by atoms with van der Waals surface area (Å²) in [4.78, 5) is 23.2. The second-order valence-corrected chi connectivity index (χ2v) is 9.02. The molecule has 0 aliphatic carbocycles. The molecule has 2 aromatic rings. The van der Waals surface area contributed by atoms with Gasteiger partial charge in [0.25, 0.3) is 0 Å². The Bertz CT molecular complexity index is 991. The van der Waals surface area contributed by atoms with Crippen molar-refractivity contribution >= 4 is 50.5 Å². The van der Waals surface area contributed by atoms with Crippen molar-refractivity contribution in [2.24, 2.45) is 0 Å². The Morgan fingerprint density at radius 1 is 1.03 bits per heavy atom. The molecule has 0 heterocycles. The molecular weight excluding hydrogens is 414 g/mol. The predicted octanol–water partition coefficient (Wildman–Crippen LogP) is 3.79. The largest absolute Gasteiger partial charge is 0.326 e. The van der Waals surface area contributed by atoms with Crippen molar-refractivity contribution in [1.82, 2.24) is 0 Å². The van der Waals surface area contributed by atoms with E-state index in [0.29, 0.717) is 28.5 Å². The molecule has 0 aliphatic heterocycles. The van der Waals surface area contributed by atoms with E-state index in [-0.39, 0.29) is 24.8 Å². The summed E-state index contributed by atoms with van der Waals surface area (Å²) in [5, 5.41) is 5.85. The summed E-state index contributed by atoms with van der Waals surface area (Å²) in [5.74, 6) is -0.402. The maximum atomic E-state index is 12.2. The number of amides is 2. The van der Waals surface area contributed by atoms with Crippen LogP contribution < -0.4 is 14.9 Å². The van der Waals surface area contributed by atoms with Crippen molar-refractivity contribution < 1.29 is 18.0 Å². The Kier molecular flexibility index (Phi) is 7.64. The molecule has 0 saturated heterocycles. The molecule has 156 valence electrons. The number of hydrogen-bond donors (Lipinski definition) is 2. The zero-order valence-corrected chi connectivity index (χ0v) is 18.1. The first-order chi connectivity index (χ1) is 13.6. The summed E-state index contributed by atoms with van der Waals surface area (Å²) in [7, 11) is -3.52. The smallest absolute Gasteiger partial charge is 0.232 e. The summed E-state index contributed by atoms with van der Waals surface area (Å²) in [6, 6.07) is 11.8. The number of halogens is 1. The minimum Gasteiger partial charge on any atom is -0.326 e. The highest BCUT2D eigenvalue weighted by molar-refractivity contribution is 7.92. The van der Waals surface area contributed by atoms with Crippen LogP contribution in [0.25, 0.3) is 0 Å². The molecule has 0 aromatic heterocycles. The van der Waals surface area contributed by atoms with Crippen LogP contribution in [0.1, 0.15) is 25.3 Å². The lowest BCUT2D eigenvalue weighted by Gasteiger charge is -2.24. The molecule has 29 heavy (non-hydrogen) atoms. The van der Waals surface area contributed by atoms with Crippen molar-refractivity contribution in [3.8, 4) is 0 Å². The van der Waals surface area contributed by atoms with Gasteiger partial charge in [-0.1, -0.05) is 17.7 Å². The number of carbonyl (C=O) groups excluding carboxylic acids is 2. The van der Waals surface area contributed by atoms with Crippen LogP contribution in [0.4, 0.5) is 17.1 Å². The Morgan fingerprint density at radius 2 is 1.62 bits per heavy atom. The number of carbonyl (C=O) groups is 2. The van der Waals surface area contributed by atoms with E-state index in [1.54, 1.807) is 49.4 Å². The third-order valence-electron chi connectivity index (χ3n) is 4.09. The fraction of sp³-hybridized carbons (Fsp3) is 0.300. The number of benzene rings is 2. The normalized spacial score (nSPS) is 11.0.